The van der Waals surface area contributed by atoms with E-state index >= 15 is 0 Å². The van der Waals surface area contributed by atoms with Crippen molar-refractivity contribution in [3.63, 3.8) is 0 Å². The Morgan fingerprint density at radius 2 is 2.16 bits per heavy atom. The minimum absolute atomic E-state index is 0.0578. The molecule has 0 heterocycles. The van der Waals surface area contributed by atoms with Crippen molar-refractivity contribution >= 4 is 5.69 Å². The topological polar surface area (TPSA) is 81.8 Å². The summed E-state index contributed by atoms with van der Waals surface area (Å²) in [6.07, 6.45) is -0.0915. The second kappa shape index (κ2) is 7.70. The lowest BCUT2D eigenvalue weighted by Crippen LogP contribution is -2.06. The lowest BCUT2D eigenvalue weighted by atomic mass is 10.1. The quantitative estimate of drug-likeness (QED) is 0.445. The summed E-state index contributed by atoms with van der Waals surface area (Å²) >= 11 is 0. The van der Waals surface area contributed by atoms with Gasteiger partial charge in [-0.25, -0.2) is 0 Å². The van der Waals surface area contributed by atoms with E-state index in [1.807, 2.05) is 6.92 Å². The molecular weight excluding hydrogens is 250 g/mol. The number of nitrogens with zero attached hydrogens (tertiary/aromatic N) is 1. The third-order valence-electron chi connectivity index (χ3n) is 2.55. The van der Waals surface area contributed by atoms with Crippen LogP contribution in [0.1, 0.15) is 31.9 Å². The molecule has 0 aromatic heterocycles. The molecule has 6 heteroatoms. The number of rotatable bonds is 8. The van der Waals surface area contributed by atoms with Crippen molar-refractivity contribution in [3.05, 3.63) is 33.9 Å². The molecule has 0 saturated carbocycles. The van der Waals surface area contributed by atoms with E-state index in [0.29, 0.717) is 31.1 Å². The van der Waals surface area contributed by atoms with Crippen LogP contribution in [0.2, 0.25) is 0 Å². The van der Waals surface area contributed by atoms with Gasteiger partial charge in [-0.15, -0.1) is 0 Å². The van der Waals surface area contributed by atoms with E-state index in [1.54, 1.807) is 6.92 Å². The first-order valence-electron chi connectivity index (χ1n) is 6.23. The molecule has 0 amide bonds. The van der Waals surface area contributed by atoms with Crippen molar-refractivity contribution in [2.45, 2.75) is 26.4 Å². The predicted octanol–water partition coefficient (Wildman–Crippen LogP) is 2.45. The predicted molar refractivity (Wildman–Crippen MR) is 70.3 cm³/mol. The van der Waals surface area contributed by atoms with Crippen LogP contribution in [0.4, 0.5) is 5.69 Å². The van der Waals surface area contributed by atoms with Crippen molar-refractivity contribution in [3.8, 4) is 5.75 Å². The molecule has 1 aromatic carbocycles. The van der Waals surface area contributed by atoms with Gasteiger partial charge in [0.05, 0.1) is 17.6 Å². The summed E-state index contributed by atoms with van der Waals surface area (Å²) in [5.74, 6) is 0.470. The number of hydrogen-bond donors (Lipinski definition) is 1. The number of nitro benzene ring substituents is 1. The van der Waals surface area contributed by atoms with Gasteiger partial charge in [0.15, 0.2) is 0 Å². The van der Waals surface area contributed by atoms with E-state index in [0.717, 1.165) is 6.42 Å². The van der Waals surface area contributed by atoms with E-state index in [4.69, 9.17) is 9.47 Å². The van der Waals surface area contributed by atoms with Gasteiger partial charge >= 0.3 is 0 Å². The first-order chi connectivity index (χ1) is 9.06. The number of aliphatic hydroxyl groups excluding tert-OH is 1. The molecule has 0 saturated heterocycles. The summed E-state index contributed by atoms with van der Waals surface area (Å²) in [6, 6.07) is 4.22. The zero-order valence-electron chi connectivity index (χ0n) is 11.2. The molecule has 1 rings (SSSR count). The molecule has 19 heavy (non-hydrogen) atoms. The van der Waals surface area contributed by atoms with Crippen LogP contribution in [0, 0.1) is 10.1 Å². The highest BCUT2D eigenvalue weighted by Gasteiger charge is 2.15. The third-order valence-corrected chi connectivity index (χ3v) is 2.55. The maximum atomic E-state index is 10.7. The summed E-state index contributed by atoms with van der Waals surface area (Å²) in [5.41, 5.74) is 0.364. The van der Waals surface area contributed by atoms with E-state index < -0.39 is 11.0 Å². The van der Waals surface area contributed by atoms with Gasteiger partial charge in [0.2, 0.25) is 0 Å². The Kier molecular flexibility index (Phi) is 6.24. The lowest BCUT2D eigenvalue weighted by Gasteiger charge is -2.13. The highest BCUT2D eigenvalue weighted by atomic mass is 16.6. The zero-order chi connectivity index (χ0) is 14.3. The molecular formula is C13H19NO5. The highest BCUT2D eigenvalue weighted by Crippen LogP contribution is 2.29. The van der Waals surface area contributed by atoms with Crippen molar-refractivity contribution in [2.75, 3.05) is 19.8 Å². The number of benzene rings is 1. The van der Waals surface area contributed by atoms with Crippen LogP contribution in [-0.2, 0) is 4.74 Å². The molecule has 0 unspecified atom stereocenters. The summed E-state index contributed by atoms with van der Waals surface area (Å²) in [7, 11) is 0. The Morgan fingerprint density at radius 1 is 1.42 bits per heavy atom. The SMILES string of the molecule is CCOCCCOc1ccc([N+](=O)[O-])cc1[C@H](C)O. The monoisotopic (exact) mass is 269 g/mol. The zero-order valence-corrected chi connectivity index (χ0v) is 11.2. The minimum atomic E-state index is -0.818. The van der Waals surface area contributed by atoms with Crippen molar-refractivity contribution in [1.29, 1.82) is 0 Å². The molecule has 0 aliphatic carbocycles. The number of aliphatic hydroxyl groups is 1. The molecule has 1 atom stereocenters. The van der Waals surface area contributed by atoms with Crippen molar-refractivity contribution in [2.24, 2.45) is 0 Å². The fourth-order valence-corrected chi connectivity index (χ4v) is 1.59. The van der Waals surface area contributed by atoms with Gasteiger partial charge in [0.25, 0.3) is 5.69 Å². The fourth-order valence-electron chi connectivity index (χ4n) is 1.59. The molecule has 6 nitrogen and oxygen atoms in total. The van der Waals surface area contributed by atoms with Crippen LogP contribution < -0.4 is 4.74 Å². The highest BCUT2D eigenvalue weighted by molar-refractivity contribution is 5.44. The van der Waals surface area contributed by atoms with Gasteiger partial charge in [-0.1, -0.05) is 0 Å². The van der Waals surface area contributed by atoms with Crippen molar-refractivity contribution < 1.29 is 19.5 Å². The summed E-state index contributed by atoms with van der Waals surface area (Å²) in [6.45, 7) is 5.18. The Hall–Kier alpha value is -1.66. The van der Waals surface area contributed by atoms with Crippen LogP contribution in [-0.4, -0.2) is 29.9 Å². The molecule has 1 N–H and O–H groups in total. The summed E-state index contributed by atoms with van der Waals surface area (Å²) in [4.78, 5) is 10.2. The molecule has 0 aliphatic rings. The number of hydrogen-bond acceptors (Lipinski definition) is 5. The second-order valence-electron chi connectivity index (χ2n) is 4.05. The Labute approximate surface area is 112 Å². The van der Waals surface area contributed by atoms with Crippen LogP contribution in [0.15, 0.2) is 18.2 Å². The van der Waals surface area contributed by atoms with Gasteiger partial charge in [-0.2, -0.15) is 0 Å². The first kappa shape index (κ1) is 15.4. The third kappa shape index (κ3) is 4.84. The van der Waals surface area contributed by atoms with E-state index in [-0.39, 0.29) is 5.69 Å². The normalized spacial score (nSPS) is 12.2. The van der Waals surface area contributed by atoms with Crippen LogP contribution >= 0.6 is 0 Å². The van der Waals surface area contributed by atoms with E-state index in [2.05, 4.69) is 0 Å². The molecule has 0 radical (unpaired) electrons. The standard InChI is InChI=1S/C13H19NO5/c1-3-18-7-4-8-19-13-6-5-11(14(16)17)9-12(13)10(2)15/h5-6,9-10,15H,3-4,7-8H2,1-2H3/t10-/m0/s1. The first-order valence-corrected chi connectivity index (χ1v) is 6.23. The van der Waals surface area contributed by atoms with E-state index in [1.165, 1.54) is 18.2 Å². The lowest BCUT2D eigenvalue weighted by molar-refractivity contribution is -0.385. The van der Waals surface area contributed by atoms with Gasteiger partial charge in [-0.05, 0) is 19.9 Å². The number of ether oxygens (including phenoxy) is 2. The van der Waals surface area contributed by atoms with Gasteiger partial charge < -0.3 is 14.6 Å². The van der Waals surface area contributed by atoms with Gasteiger partial charge in [0, 0.05) is 37.3 Å². The average Bonchev–Trinajstić information content (AvgIpc) is 2.38. The maximum Gasteiger partial charge on any atom is 0.270 e. The fraction of sp³-hybridized carbons (Fsp3) is 0.538. The maximum absolute atomic E-state index is 10.7. The average molecular weight is 269 g/mol. The van der Waals surface area contributed by atoms with Gasteiger partial charge in [-0.3, -0.25) is 10.1 Å². The summed E-state index contributed by atoms with van der Waals surface area (Å²) < 4.78 is 10.7. The Morgan fingerprint density at radius 3 is 2.74 bits per heavy atom. The largest absolute Gasteiger partial charge is 0.493 e. The molecule has 0 aliphatic heterocycles. The molecule has 106 valence electrons. The molecule has 0 bridgehead atoms. The Bertz CT molecular complexity index is 419. The smallest absolute Gasteiger partial charge is 0.270 e. The van der Waals surface area contributed by atoms with Gasteiger partial charge in [0.1, 0.15) is 5.75 Å². The van der Waals surface area contributed by atoms with Crippen molar-refractivity contribution in [1.82, 2.24) is 0 Å². The number of nitro groups is 1. The second-order valence-corrected chi connectivity index (χ2v) is 4.05. The minimum Gasteiger partial charge on any atom is -0.493 e. The molecule has 1 aromatic rings. The summed E-state index contributed by atoms with van der Waals surface area (Å²) in [5, 5.41) is 20.3. The van der Waals surface area contributed by atoms with Crippen LogP contribution in [0.3, 0.4) is 0 Å². The molecule has 0 spiro atoms. The van der Waals surface area contributed by atoms with Crippen LogP contribution in [0.25, 0.3) is 0 Å². The molecule has 0 fully saturated rings. The number of non-ortho nitro benzene ring substituents is 1. The Balaban J connectivity index is 2.69. The van der Waals surface area contributed by atoms with E-state index in [9.17, 15) is 15.2 Å². The van der Waals surface area contributed by atoms with Crippen LogP contribution in [0.5, 0.6) is 5.75 Å².